The van der Waals surface area contributed by atoms with Crippen LogP contribution in [0, 0.1) is 0 Å². The molecular weight excluding hydrogens is 202 g/mol. The van der Waals surface area contributed by atoms with Crippen molar-refractivity contribution in [3.8, 4) is 11.4 Å². The predicted molar refractivity (Wildman–Crippen MR) is 62.6 cm³/mol. The van der Waals surface area contributed by atoms with Gasteiger partial charge in [0.2, 0.25) is 5.82 Å². The molecule has 82 valence electrons. The number of aromatic amines is 1. The molecule has 0 saturated heterocycles. The number of likely N-dealkylation sites (N-methyl/N-ethyl adjacent to an activating group) is 1. The van der Waals surface area contributed by atoms with Crippen LogP contribution in [0.2, 0.25) is 0 Å². The lowest BCUT2D eigenvalue weighted by atomic mass is 10.1. The number of benzene rings is 1. The van der Waals surface area contributed by atoms with Crippen molar-refractivity contribution in [1.29, 1.82) is 0 Å². The maximum absolute atomic E-state index is 3.92. The lowest BCUT2D eigenvalue weighted by Gasteiger charge is -1.96. The predicted octanol–water partition coefficient (Wildman–Crippen LogP) is 1.10. The molecule has 2 aromatic rings. The lowest BCUT2D eigenvalue weighted by molar-refractivity contribution is 0.881. The Morgan fingerprint density at radius 2 is 2.12 bits per heavy atom. The monoisotopic (exact) mass is 215 g/mol. The summed E-state index contributed by atoms with van der Waals surface area (Å²) in [5.41, 5.74) is 2.11. The Morgan fingerprint density at radius 1 is 1.31 bits per heavy atom. The average Bonchev–Trinajstić information content (AvgIpc) is 2.84. The number of hydrogen-bond donors (Lipinski definition) is 2. The van der Waals surface area contributed by atoms with Crippen molar-refractivity contribution in [2.24, 2.45) is 0 Å². The summed E-state index contributed by atoms with van der Waals surface area (Å²) in [6, 6.07) is 8.00. The van der Waals surface area contributed by atoms with Crippen LogP contribution in [-0.2, 0) is 0 Å². The number of tetrazole rings is 1. The Morgan fingerprint density at radius 3 is 2.75 bits per heavy atom. The minimum atomic E-state index is 0.616. The molecule has 0 radical (unpaired) electrons. The van der Waals surface area contributed by atoms with Gasteiger partial charge in [0.15, 0.2) is 0 Å². The van der Waals surface area contributed by atoms with E-state index in [1.54, 1.807) is 0 Å². The highest BCUT2D eigenvalue weighted by Gasteiger charge is 2.00. The summed E-state index contributed by atoms with van der Waals surface area (Å²) in [5.74, 6) is 0.616. The number of nitrogens with one attached hydrogen (secondary N) is 2. The molecule has 0 amide bonds. The van der Waals surface area contributed by atoms with Gasteiger partial charge in [0.1, 0.15) is 0 Å². The van der Waals surface area contributed by atoms with E-state index >= 15 is 0 Å². The molecule has 1 aromatic carbocycles. The quantitative estimate of drug-likeness (QED) is 0.801. The van der Waals surface area contributed by atoms with Gasteiger partial charge in [-0.25, -0.2) is 0 Å². The van der Waals surface area contributed by atoms with E-state index in [1.807, 2.05) is 31.3 Å². The van der Waals surface area contributed by atoms with Crippen LogP contribution in [0.1, 0.15) is 5.56 Å². The van der Waals surface area contributed by atoms with Gasteiger partial charge in [0.05, 0.1) is 0 Å². The van der Waals surface area contributed by atoms with E-state index < -0.39 is 0 Å². The highest BCUT2D eigenvalue weighted by Crippen LogP contribution is 2.14. The third-order valence-electron chi connectivity index (χ3n) is 2.15. The fourth-order valence-corrected chi connectivity index (χ4v) is 1.34. The van der Waals surface area contributed by atoms with Crippen LogP contribution in [0.15, 0.2) is 30.3 Å². The van der Waals surface area contributed by atoms with Crippen LogP contribution in [0.3, 0.4) is 0 Å². The molecule has 5 heteroatoms. The molecule has 0 unspecified atom stereocenters. The number of H-pyrrole nitrogens is 1. The van der Waals surface area contributed by atoms with Gasteiger partial charge in [-0.1, -0.05) is 36.4 Å². The first-order valence-electron chi connectivity index (χ1n) is 5.05. The Balaban J connectivity index is 2.11. The van der Waals surface area contributed by atoms with Crippen molar-refractivity contribution in [3.63, 3.8) is 0 Å². The molecule has 1 heterocycles. The van der Waals surface area contributed by atoms with Gasteiger partial charge in [-0.05, 0) is 17.8 Å². The first-order chi connectivity index (χ1) is 7.90. The van der Waals surface area contributed by atoms with Crippen LogP contribution in [0.4, 0.5) is 0 Å². The summed E-state index contributed by atoms with van der Waals surface area (Å²) in [6.45, 7) is 0.868. The molecule has 0 aliphatic carbocycles. The summed E-state index contributed by atoms with van der Waals surface area (Å²) in [7, 11) is 1.92. The molecule has 1 aromatic heterocycles. The molecule has 0 bridgehead atoms. The molecule has 2 N–H and O–H groups in total. The van der Waals surface area contributed by atoms with Gasteiger partial charge in [0.25, 0.3) is 0 Å². The second-order valence-corrected chi connectivity index (χ2v) is 3.32. The molecule has 0 saturated carbocycles. The zero-order valence-electron chi connectivity index (χ0n) is 9.01. The van der Waals surface area contributed by atoms with Crippen molar-refractivity contribution < 1.29 is 0 Å². The normalized spacial score (nSPS) is 11.1. The van der Waals surface area contributed by atoms with E-state index in [1.165, 1.54) is 0 Å². The van der Waals surface area contributed by atoms with Gasteiger partial charge in [-0.3, -0.25) is 0 Å². The first kappa shape index (κ1) is 10.5. The fourth-order valence-electron chi connectivity index (χ4n) is 1.34. The largest absolute Gasteiger partial charge is 0.316 e. The van der Waals surface area contributed by atoms with Crippen molar-refractivity contribution in [3.05, 3.63) is 35.9 Å². The molecule has 0 fully saturated rings. The van der Waals surface area contributed by atoms with Crippen LogP contribution < -0.4 is 5.32 Å². The Kier molecular flexibility index (Phi) is 3.40. The molecule has 0 spiro atoms. The van der Waals surface area contributed by atoms with Crippen molar-refractivity contribution in [2.75, 3.05) is 13.6 Å². The Labute approximate surface area is 93.6 Å². The van der Waals surface area contributed by atoms with Crippen LogP contribution in [0.25, 0.3) is 17.5 Å². The van der Waals surface area contributed by atoms with Gasteiger partial charge < -0.3 is 5.32 Å². The van der Waals surface area contributed by atoms with Crippen LogP contribution >= 0.6 is 0 Å². The number of rotatable bonds is 4. The minimum Gasteiger partial charge on any atom is -0.316 e. The average molecular weight is 215 g/mol. The zero-order chi connectivity index (χ0) is 11.2. The summed E-state index contributed by atoms with van der Waals surface area (Å²) in [6.07, 6.45) is 4.14. The van der Waals surface area contributed by atoms with Crippen LogP contribution in [-0.4, -0.2) is 34.2 Å². The standard InChI is InChI=1S/C11H13N5/c1-12-8-2-3-9-4-6-10(7-5-9)11-13-15-16-14-11/h2-7,12H,8H2,1H3,(H,13,14,15,16). The van der Waals surface area contributed by atoms with Crippen molar-refractivity contribution >= 4 is 6.08 Å². The van der Waals surface area contributed by atoms with Gasteiger partial charge in [0, 0.05) is 12.1 Å². The highest BCUT2D eigenvalue weighted by atomic mass is 15.5. The summed E-state index contributed by atoms with van der Waals surface area (Å²) >= 11 is 0. The smallest absolute Gasteiger partial charge is 0.204 e. The molecule has 5 nitrogen and oxygen atoms in total. The second-order valence-electron chi connectivity index (χ2n) is 3.32. The fraction of sp³-hybridized carbons (Fsp3) is 0.182. The minimum absolute atomic E-state index is 0.616. The summed E-state index contributed by atoms with van der Waals surface area (Å²) in [5, 5.41) is 16.8. The Hall–Kier alpha value is -2.01. The summed E-state index contributed by atoms with van der Waals surface area (Å²) in [4.78, 5) is 0. The van der Waals surface area contributed by atoms with Gasteiger partial charge in [-0.15, -0.1) is 10.2 Å². The van der Waals surface area contributed by atoms with E-state index in [-0.39, 0.29) is 0 Å². The lowest BCUT2D eigenvalue weighted by Crippen LogP contribution is -2.03. The highest BCUT2D eigenvalue weighted by molar-refractivity contribution is 5.59. The number of nitrogens with zero attached hydrogens (tertiary/aromatic N) is 3. The SMILES string of the molecule is CNCC=Cc1ccc(-c2nn[nH]n2)cc1. The number of hydrogen-bond acceptors (Lipinski definition) is 4. The zero-order valence-corrected chi connectivity index (χ0v) is 9.01. The summed E-state index contributed by atoms with van der Waals surface area (Å²) < 4.78 is 0. The van der Waals surface area contributed by atoms with Crippen molar-refractivity contribution in [2.45, 2.75) is 0 Å². The third-order valence-corrected chi connectivity index (χ3v) is 2.15. The van der Waals surface area contributed by atoms with E-state index in [9.17, 15) is 0 Å². The van der Waals surface area contributed by atoms with Gasteiger partial charge >= 0.3 is 0 Å². The molecule has 0 aliphatic rings. The molecule has 0 atom stereocenters. The van der Waals surface area contributed by atoms with E-state index in [0.29, 0.717) is 5.82 Å². The molecule has 0 aliphatic heterocycles. The maximum Gasteiger partial charge on any atom is 0.204 e. The Bertz CT molecular complexity index is 444. The maximum atomic E-state index is 3.92. The third kappa shape index (κ3) is 2.52. The first-order valence-corrected chi connectivity index (χ1v) is 5.05. The van der Waals surface area contributed by atoms with Crippen molar-refractivity contribution in [1.82, 2.24) is 25.9 Å². The van der Waals surface area contributed by atoms with E-state index in [0.717, 1.165) is 17.7 Å². The van der Waals surface area contributed by atoms with E-state index in [4.69, 9.17) is 0 Å². The molecular formula is C11H13N5. The molecule has 2 rings (SSSR count). The molecule has 16 heavy (non-hydrogen) atoms. The topological polar surface area (TPSA) is 66.5 Å². The van der Waals surface area contributed by atoms with E-state index in [2.05, 4.69) is 38.1 Å². The van der Waals surface area contributed by atoms with Crippen LogP contribution in [0.5, 0.6) is 0 Å². The number of aromatic nitrogens is 4. The second kappa shape index (κ2) is 5.18. The van der Waals surface area contributed by atoms with Gasteiger partial charge in [-0.2, -0.15) is 5.21 Å².